The van der Waals surface area contributed by atoms with Crippen molar-refractivity contribution in [3.8, 4) is 0 Å². The molecule has 0 saturated carbocycles. The van der Waals surface area contributed by atoms with E-state index in [-0.39, 0.29) is 35.5 Å². The van der Waals surface area contributed by atoms with Crippen molar-refractivity contribution in [2.75, 3.05) is 25.5 Å². The first-order valence-corrected chi connectivity index (χ1v) is 8.39. The van der Waals surface area contributed by atoms with Crippen molar-refractivity contribution in [1.82, 2.24) is 15.1 Å². The number of rotatable bonds is 1. The Morgan fingerprint density at radius 1 is 1.28 bits per heavy atom. The first-order valence-electron chi connectivity index (χ1n) is 8.39. The van der Waals surface area contributed by atoms with Crippen molar-refractivity contribution in [1.29, 1.82) is 0 Å². The molecule has 25 heavy (non-hydrogen) atoms. The Labute approximate surface area is 144 Å². The van der Waals surface area contributed by atoms with Crippen LogP contribution < -0.4 is 10.6 Å². The first-order chi connectivity index (χ1) is 11.9. The molecule has 3 heterocycles. The van der Waals surface area contributed by atoms with Crippen LogP contribution in [-0.2, 0) is 11.2 Å². The third-order valence-electron chi connectivity index (χ3n) is 5.31. The summed E-state index contributed by atoms with van der Waals surface area (Å²) in [5.74, 6) is -1.16. The Morgan fingerprint density at radius 2 is 2.08 bits per heavy atom. The minimum absolute atomic E-state index is 0.0195. The fraction of sp³-hybridized carbons (Fsp3) is 0.471. The monoisotopic (exact) mass is 346 g/mol. The second-order valence-corrected chi connectivity index (χ2v) is 6.81. The van der Waals surface area contributed by atoms with E-state index in [1.54, 1.807) is 16.8 Å². The van der Waals surface area contributed by atoms with E-state index in [0.717, 1.165) is 5.56 Å². The number of likely N-dealkylation sites (tertiary alicyclic amines) is 1. The molecule has 2 atom stereocenters. The van der Waals surface area contributed by atoms with Gasteiger partial charge >= 0.3 is 6.03 Å². The summed E-state index contributed by atoms with van der Waals surface area (Å²) in [5.41, 5.74) is 1.23. The van der Waals surface area contributed by atoms with E-state index in [2.05, 4.69) is 10.6 Å². The van der Waals surface area contributed by atoms with Crippen molar-refractivity contribution in [2.24, 2.45) is 0 Å². The van der Waals surface area contributed by atoms with Crippen LogP contribution in [0.2, 0.25) is 0 Å². The van der Waals surface area contributed by atoms with Crippen molar-refractivity contribution in [3.63, 3.8) is 0 Å². The zero-order valence-corrected chi connectivity index (χ0v) is 13.8. The van der Waals surface area contributed by atoms with Crippen LogP contribution in [0.5, 0.6) is 0 Å². The molecule has 0 aliphatic carbocycles. The molecular weight excluding hydrogens is 327 g/mol. The number of carbonyl (C=O) groups excluding carboxylic acids is 3. The second-order valence-electron chi connectivity index (χ2n) is 6.81. The normalized spacial score (nSPS) is 25.2. The maximum absolute atomic E-state index is 14.4. The second kappa shape index (κ2) is 5.72. The molecule has 0 unspecified atom stereocenters. The van der Waals surface area contributed by atoms with Crippen LogP contribution in [0.1, 0.15) is 28.8 Å². The number of urea groups is 1. The van der Waals surface area contributed by atoms with Crippen LogP contribution in [-0.4, -0.2) is 59.9 Å². The number of fused-ring (bicyclic) bond motifs is 2. The molecule has 2 N–H and O–H groups in total. The van der Waals surface area contributed by atoms with Crippen LogP contribution in [0, 0.1) is 5.82 Å². The van der Waals surface area contributed by atoms with Crippen LogP contribution >= 0.6 is 0 Å². The fourth-order valence-electron chi connectivity index (χ4n) is 3.88. The number of aryl methyl sites for hydroxylation is 1. The van der Waals surface area contributed by atoms with Gasteiger partial charge in [0, 0.05) is 32.2 Å². The Bertz CT molecular complexity index is 781. The number of benzene rings is 1. The van der Waals surface area contributed by atoms with Gasteiger partial charge in [-0.2, -0.15) is 0 Å². The molecule has 132 valence electrons. The summed E-state index contributed by atoms with van der Waals surface area (Å²) < 4.78 is 14.4. The van der Waals surface area contributed by atoms with Gasteiger partial charge in [-0.05, 0) is 30.5 Å². The highest BCUT2D eigenvalue weighted by Gasteiger charge is 2.42. The summed E-state index contributed by atoms with van der Waals surface area (Å²) in [6.07, 6.45) is 1.49. The number of halogens is 1. The quantitative estimate of drug-likeness (QED) is 0.794. The van der Waals surface area contributed by atoms with Crippen molar-refractivity contribution in [3.05, 3.63) is 29.1 Å². The third-order valence-corrected chi connectivity index (χ3v) is 5.31. The van der Waals surface area contributed by atoms with Crippen LogP contribution in [0.4, 0.5) is 14.9 Å². The van der Waals surface area contributed by atoms with Gasteiger partial charge in [-0.1, -0.05) is 0 Å². The van der Waals surface area contributed by atoms with Gasteiger partial charge in [-0.3, -0.25) is 9.59 Å². The van der Waals surface area contributed by atoms with E-state index in [1.807, 2.05) is 0 Å². The Hall–Kier alpha value is -2.64. The molecule has 3 aliphatic rings. The average molecular weight is 346 g/mol. The number of nitrogens with one attached hydrogen (secondary N) is 2. The molecule has 4 amide bonds. The molecule has 8 heteroatoms. The maximum Gasteiger partial charge on any atom is 0.317 e. The predicted molar refractivity (Wildman–Crippen MR) is 87.7 cm³/mol. The van der Waals surface area contributed by atoms with Gasteiger partial charge in [-0.15, -0.1) is 0 Å². The molecule has 0 spiro atoms. The van der Waals surface area contributed by atoms with E-state index >= 15 is 0 Å². The van der Waals surface area contributed by atoms with E-state index in [1.165, 1.54) is 12.1 Å². The van der Waals surface area contributed by atoms with Gasteiger partial charge in [0.05, 0.1) is 17.6 Å². The van der Waals surface area contributed by atoms with Gasteiger partial charge in [0.1, 0.15) is 5.82 Å². The van der Waals surface area contributed by atoms with Crippen LogP contribution in [0.25, 0.3) is 0 Å². The van der Waals surface area contributed by atoms with Crippen molar-refractivity contribution < 1.29 is 18.8 Å². The number of hydrogen-bond donors (Lipinski definition) is 2. The molecule has 1 aromatic carbocycles. The topological polar surface area (TPSA) is 81.8 Å². The van der Waals surface area contributed by atoms with Crippen LogP contribution in [0.3, 0.4) is 0 Å². The summed E-state index contributed by atoms with van der Waals surface area (Å²) in [6, 6.07) is 2.56. The largest absolute Gasteiger partial charge is 0.336 e. The minimum atomic E-state index is -0.638. The zero-order valence-electron chi connectivity index (χ0n) is 13.8. The van der Waals surface area contributed by atoms with E-state index in [9.17, 15) is 18.8 Å². The summed E-state index contributed by atoms with van der Waals surface area (Å²) in [6.45, 7) is 0.847. The standard InChI is InChI=1S/C17H19FN4O3/c1-21-14-4-5-22(8-13(14)20-17(21)25)16(24)10-6-9-2-3-15(23)19-12(9)7-11(10)18/h6-7,13-14H,2-5,8H2,1H3,(H,19,23)(H,20,25)/t13-,14+/m1/s1. The number of hydrogen-bond acceptors (Lipinski definition) is 3. The summed E-state index contributed by atoms with van der Waals surface area (Å²) in [5, 5.41) is 5.49. The summed E-state index contributed by atoms with van der Waals surface area (Å²) in [4.78, 5) is 39.2. The highest BCUT2D eigenvalue weighted by Crippen LogP contribution is 2.28. The van der Waals surface area contributed by atoms with E-state index in [4.69, 9.17) is 0 Å². The molecule has 1 aromatic rings. The smallest absolute Gasteiger partial charge is 0.317 e. The number of amides is 4. The molecular formula is C17H19FN4O3. The molecule has 2 fully saturated rings. The Balaban J connectivity index is 1.56. The molecule has 4 rings (SSSR count). The van der Waals surface area contributed by atoms with Gasteiger partial charge < -0.3 is 20.4 Å². The molecule has 0 radical (unpaired) electrons. The molecule has 3 aliphatic heterocycles. The average Bonchev–Trinajstić information content (AvgIpc) is 2.87. The SMILES string of the molecule is CN1C(=O)N[C@@H]2CN(C(=O)c3cc4c(cc3F)NC(=O)CC4)CC[C@@H]21. The van der Waals surface area contributed by atoms with E-state index in [0.29, 0.717) is 38.0 Å². The highest BCUT2D eigenvalue weighted by atomic mass is 19.1. The van der Waals surface area contributed by atoms with Crippen molar-refractivity contribution >= 4 is 23.5 Å². The van der Waals surface area contributed by atoms with Gasteiger partial charge in [-0.25, -0.2) is 9.18 Å². The lowest BCUT2D eigenvalue weighted by atomic mass is 9.97. The molecule has 2 saturated heterocycles. The molecule has 7 nitrogen and oxygen atoms in total. The Morgan fingerprint density at radius 3 is 2.88 bits per heavy atom. The predicted octanol–water partition coefficient (Wildman–Crippen LogP) is 0.948. The van der Waals surface area contributed by atoms with Gasteiger partial charge in [0.15, 0.2) is 0 Å². The highest BCUT2D eigenvalue weighted by molar-refractivity contribution is 5.98. The number of piperidine rings is 1. The fourth-order valence-corrected chi connectivity index (χ4v) is 3.88. The van der Waals surface area contributed by atoms with Crippen LogP contribution in [0.15, 0.2) is 12.1 Å². The first kappa shape index (κ1) is 15.9. The van der Waals surface area contributed by atoms with Gasteiger partial charge in [0.2, 0.25) is 5.91 Å². The summed E-state index contributed by atoms with van der Waals surface area (Å²) in [7, 11) is 1.74. The number of carbonyl (C=O) groups is 3. The Kier molecular flexibility index (Phi) is 3.63. The number of nitrogens with zero attached hydrogens (tertiary/aromatic N) is 2. The number of anilines is 1. The molecule has 0 aromatic heterocycles. The lowest BCUT2D eigenvalue weighted by Crippen LogP contribution is -2.52. The minimum Gasteiger partial charge on any atom is -0.336 e. The van der Waals surface area contributed by atoms with Crippen molar-refractivity contribution in [2.45, 2.75) is 31.3 Å². The summed E-state index contributed by atoms with van der Waals surface area (Å²) >= 11 is 0. The lowest BCUT2D eigenvalue weighted by molar-refractivity contribution is -0.116. The lowest BCUT2D eigenvalue weighted by Gasteiger charge is -2.36. The van der Waals surface area contributed by atoms with E-state index < -0.39 is 5.82 Å². The maximum atomic E-state index is 14.4. The molecule has 0 bridgehead atoms. The van der Waals surface area contributed by atoms with Gasteiger partial charge in [0.25, 0.3) is 5.91 Å². The number of likely N-dealkylation sites (N-methyl/N-ethyl adjacent to an activating group) is 1. The third kappa shape index (κ3) is 2.61. The zero-order chi connectivity index (χ0) is 17.7.